The zero-order valence-electron chi connectivity index (χ0n) is 9.44. The third-order valence-corrected chi connectivity index (χ3v) is 2.81. The van der Waals surface area contributed by atoms with Gasteiger partial charge in [-0.15, -0.1) is 12.4 Å². The highest BCUT2D eigenvalue weighted by molar-refractivity contribution is 6.25. The van der Waals surface area contributed by atoms with E-state index in [9.17, 15) is 0 Å². The maximum absolute atomic E-state index is 5.71. The van der Waals surface area contributed by atoms with Crippen molar-refractivity contribution in [2.45, 2.75) is 12.8 Å². The minimum Gasteiger partial charge on any atom is -0.497 e. The molecule has 1 rings (SSSR count). The van der Waals surface area contributed by atoms with E-state index in [1.165, 1.54) is 0 Å². The number of halogens is 2. The van der Waals surface area contributed by atoms with Gasteiger partial charge in [0.1, 0.15) is 5.75 Å². The van der Waals surface area contributed by atoms with Crippen LogP contribution in [0.15, 0.2) is 35.4 Å². The molecule has 0 bridgehead atoms. The molecule has 16 heavy (non-hydrogen) atoms. The zero-order chi connectivity index (χ0) is 11.3. The number of nitrogens with two attached hydrogens (primary N) is 1. The first kappa shape index (κ1) is 15.3. The van der Waals surface area contributed by atoms with Crippen LogP contribution in [0.5, 0.6) is 5.75 Å². The molecule has 0 aliphatic carbocycles. The molecule has 0 saturated heterocycles. The summed E-state index contributed by atoms with van der Waals surface area (Å²) in [7, 11) is 1.66. The molecule has 1 unspecified atom stereocenters. The molecule has 0 heterocycles. The van der Waals surface area contributed by atoms with E-state index in [1.54, 1.807) is 12.6 Å². The quantitative estimate of drug-likeness (QED) is 0.903. The van der Waals surface area contributed by atoms with Crippen molar-refractivity contribution in [2.24, 2.45) is 5.73 Å². The second-order valence-electron chi connectivity index (χ2n) is 3.39. The number of ether oxygens (including phenoxy) is 1. The average molecular weight is 262 g/mol. The van der Waals surface area contributed by atoms with Crippen LogP contribution < -0.4 is 10.5 Å². The van der Waals surface area contributed by atoms with Gasteiger partial charge in [0.05, 0.1) is 7.11 Å². The first-order valence-corrected chi connectivity index (χ1v) is 5.29. The number of hydrogen-bond donors (Lipinski definition) is 1. The van der Waals surface area contributed by atoms with E-state index in [1.807, 2.05) is 24.3 Å². The molecule has 0 aromatic heterocycles. The SMILES string of the molecule is COc1cccc(C(C)C(=CCl)CN)c1.Cl. The van der Waals surface area contributed by atoms with E-state index in [0.29, 0.717) is 6.54 Å². The van der Waals surface area contributed by atoms with Crippen molar-refractivity contribution in [3.05, 3.63) is 40.9 Å². The topological polar surface area (TPSA) is 35.2 Å². The van der Waals surface area contributed by atoms with Crippen molar-refractivity contribution >= 4 is 24.0 Å². The van der Waals surface area contributed by atoms with Gasteiger partial charge in [0.15, 0.2) is 0 Å². The lowest BCUT2D eigenvalue weighted by Crippen LogP contribution is -2.09. The summed E-state index contributed by atoms with van der Waals surface area (Å²) in [5.74, 6) is 1.08. The third kappa shape index (κ3) is 3.71. The van der Waals surface area contributed by atoms with E-state index in [4.69, 9.17) is 22.1 Å². The lowest BCUT2D eigenvalue weighted by molar-refractivity contribution is 0.414. The smallest absolute Gasteiger partial charge is 0.119 e. The van der Waals surface area contributed by atoms with Crippen LogP contribution >= 0.6 is 24.0 Å². The van der Waals surface area contributed by atoms with E-state index in [2.05, 4.69) is 6.92 Å². The highest BCUT2D eigenvalue weighted by atomic mass is 35.5. The molecular formula is C12H17Cl2NO. The molecule has 90 valence electrons. The van der Waals surface area contributed by atoms with Gasteiger partial charge in [-0.05, 0) is 23.3 Å². The van der Waals surface area contributed by atoms with E-state index in [-0.39, 0.29) is 18.3 Å². The first-order valence-electron chi connectivity index (χ1n) is 4.86. The fourth-order valence-electron chi connectivity index (χ4n) is 1.44. The normalized spacial score (nSPS) is 12.9. The molecule has 2 N–H and O–H groups in total. The molecule has 0 radical (unpaired) electrons. The van der Waals surface area contributed by atoms with Gasteiger partial charge in [-0.1, -0.05) is 30.7 Å². The van der Waals surface area contributed by atoms with Crippen LogP contribution in [-0.2, 0) is 0 Å². The number of rotatable bonds is 4. The van der Waals surface area contributed by atoms with Crippen LogP contribution in [0.3, 0.4) is 0 Å². The maximum Gasteiger partial charge on any atom is 0.119 e. The van der Waals surface area contributed by atoms with Gasteiger partial charge in [0, 0.05) is 18.0 Å². The van der Waals surface area contributed by atoms with Crippen LogP contribution in [0.4, 0.5) is 0 Å². The Morgan fingerprint density at radius 2 is 2.25 bits per heavy atom. The summed E-state index contributed by atoms with van der Waals surface area (Å²) in [4.78, 5) is 0. The van der Waals surface area contributed by atoms with Crippen LogP contribution in [0, 0.1) is 0 Å². The van der Waals surface area contributed by atoms with Crippen molar-refractivity contribution in [2.75, 3.05) is 13.7 Å². The molecule has 0 aliphatic heterocycles. The Hall–Kier alpha value is -0.700. The second-order valence-corrected chi connectivity index (χ2v) is 3.60. The lowest BCUT2D eigenvalue weighted by atomic mass is 9.94. The molecule has 1 aromatic rings. The Morgan fingerprint density at radius 3 is 2.75 bits per heavy atom. The molecule has 2 nitrogen and oxygen atoms in total. The molecule has 1 atom stereocenters. The highest BCUT2D eigenvalue weighted by Crippen LogP contribution is 2.26. The Kier molecular flexibility index (Phi) is 7.22. The van der Waals surface area contributed by atoms with Gasteiger partial charge in [0.25, 0.3) is 0 Å². The summed E-state index contributed by atoms with van der Waals surface area (Å²) >= 11 is 5.71. The van der Waals surface area contributed by atoms with Gasteiger partial charge >= 0.3 is 0 Å². The van der Waals surface area contributed by atoms with Gasteiger partial charge in [-0.2, -0.15) is 0 Å². The maximum atomic E-state index is 5.71. The number of benzene rings is 1. The summed E-state index contributed by atoms with van der Waals surface area (Å²) in [5, 5.41) is 0. The second kappa shape index (κ2) is 7.55. The fourth-order valence-corrected chi connectivity index (χ4v) is 1.72. The van der Waals surface area contributed by atoms with E-state index >= 15 is 0 Å². The van der Waals surface area contributed by atoms with Crippen molar-refractivity contribution in [3.8, 4) is 5.75 Å². The van der Waals surface area contributed by atoms with Crippen molar-refractivity contribution in [3.63, 3.8) is 0 Å². The van der Waals surface area contributed by atoms with Crippen molar-refractivity contribution < 1.29 is 4.74 Å². The Balaban J connectivity index is 0.00000225. The predicted molar refractivity (Wildman–Crippen MR) is 71.6 cm³/mol. The van der Waals surface area contributed by atoms with E-state index in [0.717, 1.165) is 16.9 Å². The minimum absolute atomic E-state index is 0. The van der Waals surface area contributed by atoms with Crippen LogP contribution in [-0.4, -0.2) is 13.7 Å². The number of hydrogen-bond acceptors (Lipinski definition) is 2. The highest BCUT2D eigenvalue weighted by Gasteiger charge is 2.10. The first-order chi connectivity index (χ1) is 7.22. The Bertz CT molecular complexity index is 353. The van der Waals surface area contributed by atoms with Crippen LogP contribution in [0.25, 0.3) is 0 Å². The Morgan fingerprint density at radius 1 is 1.56 bits per heavy atom. The molecule has 1 aromatic carbocycles. The van der Waals surface area contributed by atoms with Gasteiger partial charge in [-0.3, -0.25) is 0 Å². The predicted octanol–water partition coefficient (Wildman–Crippen LogP) is 3.30. The van der Waals surface area contributed by atoms with Crippen molar-refractivity contribution in [1.29, 1.82) is 0 Å². The van der Waals surface area contributed by atoms with E-state index < -0.39 is 0 Å². The molecule has 0 saturated carbocycles. The summed E-state index contributed by atoms with van der Waals surface area (Å²) in [5.41, 5.74) is 9.35. The molecule has 0 aliphatic rings. The van der Waals surface area contributed by atoms with Gasteiger partial charge in [-0.25, -0.2) is 0 Å². The van der Waals surface area contributed by atoms with Crippen LogP contribution in [0.1, 0.15) is 18.4 Å². The minimum atomic E-state index is 0. The summed E-state index contributed by atoms with van der Waals surface area (Å²) in [6.07, 6.45) is 0. The number of methoxy groups -OCH3 is 1. The molecule has 0 amide bonds. The Labute approximate surface area is 108 Å². The molecule has 4 heteroatoms. The summed E-state index contributed by atoms with van der Waals surface area (Å²) in [6.45, 7) is 2.55. The van der Waals surface area contributed by atoms with Crippen molar-refractivity contribution in [1.82, 2.24) is 0 Å². The standard InChI is InChI=1S/C12H16ClNO.ClH/c1-9(11(7-13)8-14)10-4-3-5-12(6-10)15-2;/h3-7,9H,8,14H2,1-2H3;1H. The summed E-state index contributed by atoms with van der Waals surface area (Å²) < 4.78 is 5.17. The molecule has 0 spiro atoms. The largest absolute Gasteiger partial charge is 0.497 e. The molecular weight excluding hydrogens is 245 g/mol. The zero-order valence-corrected chi connectivity index (χ0v) is 11.0. The summed E-state index contributed by atoms with van der Waals surface area (Å²) in [6, 6.07) is 7.93. The fraction of sp³-hybridized carbons (Fsp3) is 0.333. The van der Waals surface area contributed by atoms with Crippen LogP contribution in [0.2, 0.25) is 0 Å². The lowest BCUT2D eigenvalue weighted by Gasteiger charge is -2.14. The van der Waals surface area contributed by atoms with Gasteiger partial charge < -0.3 is 10.5 Å². The average Bonchev–Trinajstić information content (AvgIpc) is 2.30. The molecule has 0 fully saturated rings. The van der Waals surface area contributed by atoms with Gasteiger partial charge in [0.2, 0.25) is 0 Å². The third-order valence-electron chi connectivity index (χ3n) is 2.53. The monoisotopic (exact) mass is 261 g/mol.